The molecule has 11 heteroatoms. The van der Waals surface area contributed by atoms with Gasteiger partial charge < -0.3 is 48.5 Å². The van der Waals surface area contributed by atoms with E-state index in [0.29, 0.717) is 55.1 Å². The second-order valence-electron chi connectivity index (χ2n) is 17.5. The minimum atomic E-state index is -1.79. The highest BCUT2D eigenvalue weighted by Gasteiger charge is 2.60. The Morgan fingerprint density at radius 2 is 1.74 bits per heavy atom. The lowest BCUT2D eigenvalue weighted by Crippen LogP contribution is -2.58. The third-order valence-electron chi connectivity index (χ3n) is 13.6. The van der Waals surface area contributed by atoms with Crippen LogP contribution >= 0.6 is 0 Å². The lowest BCUT2D eigenvalue weighted by molar-refractivity contribution is -0.342. The van der Waals surface area contributed by atoms with Crippen molar-refractivity contribution in [2.75, 3.05) is 13.7 Å². The van der Waals surface area contributed by atoms with Gasteiger partial charge in [0, 0.05) is 38.7 Å². The van der Waals surface area contributed by atoms with E-state index < -0.39 is 72.3 Å². The molecule has 3 N–H and O–H groups in total. The molecule has 0 aromatic rings. The predicted octanol–water partition coefficient (Wildman–Crippen LogP) is 5.60. The quantitative estimate of drug-likeness (QED) is 0.244. The Morgan fingerprint density at radius 3 is 2.50 bits per heavy atom. The Kier molecular flexibility index (Phi) is 12.3. The zero-order chi connectivity index (χ0) is 38.4. The Morgan fingerprint density at radius 1 is 0.963 bits per heavy atom. The fraction of sp³-hybridized carbons (Fsp3) is 0.791. The number of allylic oxidation sites excluding steroid dienone is 2. The summed E-state index contributed by atoms with van der Waals surface area (Å²) in [6.07, 6.45) is 13.6. The van der Waals surface area contributed by atoms with Crippen LogP contribution in [0.5, 0.6) is 0 Å². The lowest BCUT2D eigenvalue weighted by atomic mass is 9.71. The minimum Gasteiger partial charge on any atom is -0.462 e. The monoisotopic (exact) mass is 756 g/mol. The molecule has 0 amide bonds. The molecule has 1 spiro atoms. The SMILES string of the molecule is CO[C@H]1C[C@H](O[C@@H]2/C(C)=C/C[C@@H]3C[C@@H](C[C@]4(CC[C@H](C)[C@@H](C5CCCCC5)O4)O3)OC(=O)[C@@H]3C=C(C)[C@@H](O)[C@H]4OC/C(=C\C=C\[C@@H]2C)[C@]43O)O[C@@H](C)[C@@H]1O. The van der Waals surface area contributed by atoms with Gasteiger partial charge in [-0.05, 0) is 75.0 Å². The van der Waals surface area contributed by atoms with Gasteiger partial charge in [-0.1, -0.05) is 63.5 Å². The summed E-state index contributed by atoms with van der Waals surface area (Å²) < 4.78 is 45.0. The highest BCUT2D eigenvalue weighted by molar-refractivity contribution is 5.78. The Hall–Kier alpha value is -1.93. The maximum atomic E-state index is 14.3. The standard InChI is InChI=1S/C43H64O11/c1-24-11-10-14-30-23-49-40-36(44)27(4)19-33(43(30,40)47)41(46)51-32-20-31(16-15-25(2)38(24)52-35-21-34(48-6)37(45)28(5)50-35)53-42(22-32)18-17-26(3)39(54-42)29-12-8-7-9-13-29/h10-11,14-15,19,24,26,28-29,31-40,44-45,47H,7-9,12-13,16-18,20-23H2,1-6H3/b11-10+,25-15+,30-14+/t24-,26-,28-,31+,32-,33-,34-,35-,36+,37-,38-,39-,40+,42+,43+/m0/s1. The predicted molar refractivity (Wildman–Crippen MR) is 200 cm³/mol. The third kappa shape index (κ3) is 7.96. The maximum Gasteiger partial charge on any atom is 0.316 e. The normalized spacial score (nSPS) is 49.2. The lowest BCUT2D eigenvalue weighted by Gasteiger charge is -2.51. The number of aliphatic hydroxyl groups excluding tert-OH is 2. The topological polar surface area (TPSA) is 142 Å². The molecule has 5 aliphatic heterocycles. The van der Waals surface area contributed by atoms with Gasteiger partial charge in [0.25, 0.3) is 0 Å². The summed E-state index contributed by atoms with van der Waals surface area (Å²) in [5.41, 5.74) is 0.271. The van der Waals surface area contributed by atoms with Crippen LogP contribution in [-0.2, 0) is 38.0 Å². The first kappa shape index (κ1) is 40.3. The highest BCUT2D eigenvalue weighted by Crippen LogP contribution is 2.49. The van der Waals surface area contributed by atoms with E-state index in [1.165, 1.54) is 19.3 Å². The molecule has 0 unspecified atom stereocenters. The summed E-state index contributed by atoms with van der Waals surface area (Å²) in [4.78, 5) is 14.3. The van der Waals surface area contributed by atoms with Crippen LogP contribution in [0, 0.1) is 23.7 Å². The summed E-state index contributed by atoms with van der Waals surface area (Å²) in [6.45, 7) is 10.1. The summed E-state index contributed by atoms with van der Waals surface area (Å²) >= 11 is 0. The van der Waals surface area contributed by atoms with Crippen molar-refractivity contribution in [1.29, 1.82) is 0 Å². The maximum absolute atomic E-state index is 14.3. The van der Waals surface area contributed by atoms with E-state index in [9.17, 15) is 20.1 Å². The molecule has 4 saturated heterocycles. The molecule has 1 saturated carbocycles. The number of fused-ring (bicyclic) bond motifs is 2. The second-order valence-corrected chi connectivity index (χ2v) is 17.5. The van der Waals surface area contributed by atoms with E-state index in [1.54, 1.807) is 26.2 Å². The second kappa shape index (κ2) is 16.5. The van der Waals surface area contributed by atoms with Crippen molar-refractivity contribution in [2.45, 2.75) is 178 Å². The van der Waals surface area contributed by atoms with Crippen molar-refractivity contribution >= 4 is 5.97 Å². The van der Waals surface area contributed by atoms with Crippen LogP contribution in [0.4, 0.5) is 0 Å². The van der Waals surface area contributed by atoms with Crippen LogP contribution in [0.2, 0.25) is 0 Å². The summed E-state index contributed by atoms with van der Waals surface area (Å²) in [5.74, 6) is -1.74. The van der Waals surface area contributed by atoms with Gasteiger partial charge in [-0.3, -0.25) is 4.79 Å². The molecule has 0 radical (unpaired) electrons. The molecule has 54 heavy (non-hydrogen) atoms. The summed E-state index contributed by atoms with van der Waals surface area (Å²) in [6, 6.07) is 0. The van der Waals surface area contributed by atoms with Crippen molar-refractivity contribution in [2.24, 2.45) is 23.7 Å². The van der Waals surface area contributed by atoms with E-state index in [4.69, 9.17) is 33.2 Å². The van der Waals surface area contributed by atoms with E-state index in [0.717, 1.165) is 24.8 Å². The summed E-state index contributed by atoms with van der Waals surface area (Å²) in [5, 5.41) is 34.2. The van der Waals surface area contributed by atoms with Gasteiger partial charge >= 0.3 is 5.97 Å². The molecule has 2 bridgehead atoms. The molecular formula is C43H64O11. The smallest absolute Gasteiger partial charge is 0.316 e. The average Bonchev–Trinajstić information content (AvgIpc) is 3.49. The number of esters is 1. The van der Waals surface area contributed by atoms with E-state index in [2.05, 4.69) is 26.8 Å². The van der Waals surface area contributed by atoms with Crippen LogP contribution < -0.4 is 0 Å². The number of aliphatic hydroxyl groups is 3. The van der Waals surface area contributed by atoms with Gasteiger partial charge in [-0.25, -0.2) is 0 Å². The van der Waals surface area contributed by atoms with Gasteiger partial charge in [-0.15, -0.1) is 0 Å². The van der Waals surface area contributed by atoms with Crippen LogP contribution in [0.1, 0.15) is 105 Å². The molecule has 0 aromatic carbocycles. The van der Waals surface area contributed by atoms with Crippen LogP contribution in [0.15, 0.2) is 47.1 Å². The Labute approximate surface area is 321 Å². The van der Waals surface area contributed by atoms with Gasteiger partial charge in [0.1, 0.15) is 35.9 Å². The van der Waals surface area contributed by atoms with Crippen LogP contribution in [0.3, 0.4) is 0 Å². The van der Waals surface area contributed by atoms with Crippen molar-refractivity contribution < 1.29 is 53.3 Å². The number of carbonyl (C=O) groups is 1. The first-order valence-corrected chi connectivity index (χ1v) is 20.6. The van der Waals surface area contributed by atoms with E-state index in [1.807, 2.05) is 19.1 Å². The molecule has 5 fully saturated rings. The molecule has 11 nitrogen and oxygen atoms in total. The zero-order valence-electron chi connectivity index (χ0n) is 33.1. The highest BCUT2D eigenvalue weighted by atomic mass is 16.7. The van der Waals surface area contributed by atoms with Crippen molar-refractivity contribution in [3.05, 3.63) is 47.1 Å². The van der Waals surface area contributed by atoms with Crippen molar-refractivity contribution in [3.63, 3.8) is 0 Å². The van der Waals surface area contributed by atoms with Crippen LogP contribution in [0.25, 0.3) is 0 Å². The molecule has 7 rings (SSSR count). The van der Waals surface area contributed by atoms with Gasteiger partial charge in [0.2, 0.25) is 0 Å². The molecule has 15 atom stereocenters. The molecule has 7 aliphatic rings. The van der Waals surface area contributed by atoms with Crippen molar-refractivity contribution in [1.82, 2.24) is 0 Å². The number of carbonyl (C=O) groups excluding carboxylic acids is 1. The average molecular weight is 757 g/mol. The largest absolute Gasteiger partial charge is 0.462 e. The summed E-state index contributed by atoms with van der Waals surface area (Å²) in [7, 11) is 1.59. The number of ether oxygens (including phenoxy) is 7. The van der Waals surface area contributed by atoms with Crippen molar-refractivity contribution in [3.8, 4) is 0 Å². The number of hydrogen-bond acceptors (Lipinski definition) is 11. The van der Waals surface area contributed by atoms with E-state index >= 15 is 0 Å². The fourth-order valence-corrected chi connectivity index (χ4v) is 10.4. The number of methoxy groups -OCH3 is 1. The first-order valence-electron chi connectivity index (χ1n) is 20.6. The number of hydrogen-bond donors (Lipinski definition) is 3. The number of rotatable bonds is 4. The molecule has 2 aliphatic carbocycles. The van der Waals surface area contributed by atoms with Gasteiger partial charge in [0.15, 0.2) is 12.1 Å². The minimum absolute atomic E-state index is 0.0618. The third-order valence-corrected chi connectivity index (χ3v) is 13.6. The molecule has 5 heterocycles. The van der Waals surface area contributed by atoms with Crippen LogP contribution in [-0.4, -0.2) is 108 Å². The Balaban J connectivity index is 1.24. The van der Waals surface area contributed by atoms with Gasteiger partial charge in [0.05, 0.1) is 37.1 Å². The molecular weight excluding hydrogens is 692 g/mol. The first-order chi connectivity index (χ1) is 25.8. The van der Waals surface area contributed by atoms with E-state index in [-0.39, 0.29) is 24.7 Å². The fourth-order valence-electron chi connectivity index (χ4n) is 10.4. The molecule has 302 valence electrons. The van der Waals surface area contributed by atoms with Gasteiger partial charge in [-0.2, -0.15) is 0 Å². The molecule has 0 aromatic heterocycles. The Bertz CT molecular complexity index is 1470. The zero-order valence-corrected chi connectivity index (χ0v) is 33.1.